The molecule has 20 heavy (non-hydrogen) atoms. The van der Waals surface area contributed by atoms with Crippen LogP contribution >= 0.6 is 0 Å². The molecule has 0 unspecified atom stereocenters. The summed E-state index contributed by atoms with van der Waals surface area (Å²) in [5.41, 5.74) is 2.51. The summed E-state index contributed by atoms with van der Waals surface area (Å²) in [6.45, 7) is 6.49. The zero-order valence-electron chi connectivity index (χ0n) is 11.9. The first-order valence-corrected chi connectivity index (χ1v) is 6.34. The van der Waals surface area contributed by atoms with E-state index in [0.717, 1.165) is 6.42 Å². The Bertz CT molecular complexity index is 514. The monoisotopic (exact) mass is 280 g/mol. The molecule has 0 heterocycles. The second-order valence-corrected chi connectivity index (χ2v) is 5.33. The molecule has 1 aromatic rings. The molecule has 0 spiro atoms. The number of rotatable bonds is 6. The van der Waals surface area contributed by atoms with E-state index in [9.17, 15) is 14.9 Å². The maximum atomic E-state index is 12.1. The molecule has 7 heteroatoms. The average Bonchev–Trinajstić information content (AvgIpc) is 2.44. The molecule has 0 aromatic heterocycles. The van der Waals surface area contributed by atoms with Crippen molar-refractivity contribution in [1.82, 2.24) is 5.32 Å². The molecule has 0 fully saturated rings. The van der Waals surface area contributed by atoms with E-state index >= 15 is 0 Å². The number of nitrogens with one attached hydrogen (secondary N) is 2. The van der Waals surface area contributed by atoms with Gasteiger partial charge in [0.25, 0.3) is 11.6 Å². The number of benzene rings is 1. The Hall–Kier alpha value is -2.15. The van der Waals surface area contributed by atoms with E-state index in [0.29, 0.717) is 12.2 Å². The quantitative estimate of drug-likeness (QED) is 0.419. The average molecular weight is 280 g/mol. The number of carbonyl (C=O) groups is 1. The van der Waals surface area contributed by atoms with Gasteiger partial charge in [0.15, 0.2) is 0 Å². The van der Waals surface area contributed by atoms with Gasteiger partial charge in [-0.25, -0.2) is 0 Å². The lowest BCUT2D eigenvalue weighted by Crippen LogP contribution is -2.34. The molecule has 0 aliphatic rings. The van der Waals surface area contributed by atoms with Crippen molar-refractivity contribution in [3.05, 3.63) is 33.9 Å². The van der Waals surface area contributed by atoms with Crippen LogP contribution in [0, 0.1) is 15.5 Å². The van der Waals surface area contributed by atoms with E-state index < -0.39 is 10.8 Å². The Morgan fingerprint density at radius 3 is 2.60 bits per heavy atom. The van der Waals surface area contributed by atoms with Crippen LogP contribution in [0.15, 0.2) is 18.2 Å². The number of nitro benzene ring substituents is 1. The number of hydrogen-bond donors (Lipinski definition) is 3. The van der Waals surface area contributed by atoms with Gasteiger partial charge >= 0.3 is 0 Å². The predicted octanol–water partition coefficient (Wildman–Crippen LogP) is 2.05. The normalized spacial score (nSPS) is 11.0. The van der Waals surface area contributed by atoms with Gasteiger partial charge in [0.05, 0.1) is 4.92 Å². The summed E-state index contributed by atoms with van der Waals surface area (Å²) in [6, 6.07) is 4.08. The van der Waals surface area contributed by atoms with Crippen molar-refractivity contribution in [2.45, 2.75) is 27.2 Å². The highest BCUT2D eigenvalue weighted by molar-refractivity contribution is 5.99. The minimum Gasteiger partial charge on any atom is -0.351 e. The van der Waals surface area contributed by atoms with E-state index in [2.05, 4.69) is 10.7 Å². The fraction of sp³-hybridized carbons (Fsp3) is 0.462. The summed E-state index contributed by atoms with van der Waals surface area (Å²) in [5, 5.41) is 13.7. The number of amides is 1. The van der Waals surface area contributed by atoms with Crippen LogP contribution in [0.25, 0.3) is 0 Å². The molecule has 0 aliphatic heterocycles. The molecule has 0 saturated heterocycles. The molecule has 4 N–H and O–H groups in total. The molecular formula is C13H20N4O3. The second-order valence-electron chi connectivity index (χ2n) is 5.33. The minimum atomic E-state index is -0.583. The van der Waals surface area contributed by atoms with Crippen LogP contribution in [0.1, 0.15) is 37.6 Å². The third-order valence-electron chi connectivity index (χ3n) is 3.29. The van der Waals surface area contributed by atoms with E-state index in [-0.39, 0.29) is 16.7 Å². The van der Waals surface area contributed by atoms with E-state index in [4.69, 9.17) is 5.84 Å². The maximum Gasteiger partial charge on any atom is 0.282 e. The van der Waals surface area contributed by atoms with Crippen LogP contribution in [-0.2, 0) is 0 Å². The fourth-order valence-electron chi connectivity index (χ4n) is 1.51. The first kappa shape index (κ1) is 15.9. The highest BCUT2D eigenvalue weighted by Gasteiger charge is 2.23. The van der Waals surface area contributed by atoms with Gasteiger partial charge in [0.1, 0.15) is 5.56 Å². The van der Waals surface area contributed by atoms with Gasteiger partial charge in [-0.05, 0) is 24.0 Å². The van der Waals surface area contributed by atoms with Crippen LogP contribution in [0.2, 0.25) is 0 Å². The van der Waals surface area contributed by atoms with E-state index in [1.165, 1.54) is 18.2 Å². The van der Waals surface area contributed by atoms with Crippen LogP contribution < -0.4 is 16.6 Å². The summed E-state index contributed by atoms with van der Waals surface area (Å²) in [4.78, 5) is 22.5. The second kappa shape index (κ2) is 6.33. The summed E-state index contributed by atoms with van der Waals surface area (Å²) in [7, 11) is 0. The SMILES string of the molecule is CCC(C)(C)CNC(=O)c1cc(NN)ccc1[N+](=O)[O-]. The maximum absolute atomic E-state index is 12.1. The lowest BCUT2D eigenvalue weighted by molar-refractivity contribution is -0.385. The Labute approximate surface area is 117 Å². The number of nitrogens with two attached hydrogens (primary N) is 1. The van der Waals surface area contributed by atoms with E-state index in [1.807, 2.05) is 20.8 Å². The largest absolute Gasteiger partial charge is 0.351 e. The van der Waals surface area contributed by atoms with Crippen LogP contribution in [0.4, 0.5) is 11.4 Å². The lowest BCUT2D eigenvalue weighted by atomic mass is 9.90. The van der Waals surface area contributed by atoms with Crippen molar-refractivity contribution in [2.75, 3.05) is 12.0 Å². The summed E-state index contributed by atoms with van der Waals surface area (Å²) in [5.74, 6) is 4.78. The predicted molar refractivity (Wildman–Crippen MR) is 77.3 cm³/mol. The number of hydrogen-bond acceptors (Lipinski definition) is 5. The molecule has 1 aromatic carbocycles. The van der Waals surface area contributed by atoms with Crippen molar-refractivity contribution in [3.8, 4) is 0 Å². The lowest BCUT2D eigenvalue weighted by Gasteiger charge is -2.22. The number of carbonyl (C=O) groups excluding carboxylic acids is 1. The van der Waals surface area contributed by atoms with Crippen molar-refractivity contribution >= 4 is 17.3 Å². The zero-order chi connectivity index (χ0) is 15.3. The van der Waals surface area contributed by atoms with Gasteiger partial charge in [-0.2, -0.15) is 0 Å². The molecule has 1 rings (SSSR count). The minimum absolute atomic E-state index is 0.00245. The van der Waals surface area contributed by atoms with Crippen LogP contribution in [0.3, 0.4) is 0 Å². The third-order valence-corrected chi connectivity index (χ3v) is 3.29. The Kier molecular flexibility index (Phi) is 5.04. The Morgan fingerprint density at radius 2 is 2.10 bits per heavy atom. The van der Waals surface area contributed by atoms with Crippen molar-refractivity contribution in [2.24, 2.45) is 11.3 Å². The first-order chi connectivity index (χ1) is 9.30. The Balaban J connectivity index is 2.98. The molecule has 1 amide bonds. The van der Waals surface area contributed by atoms with Gasteiger partial charge in [-0.3, -0.25) is 20.8 Å². The molecule has 0 atom stereocenters. The van der Waals surface area contributed by atoms with E-state index in [1.54, 1.807) is 0 Å². The first-order valence-electron chi connectivity index (χ1n) is 6.34. The number of nitrogens with zero attached hydrogens (tertiary/aromatic N) is 1. The zero-order valence-corrected chi connectivity index (χ0v) is 11.9. The van der Waals surface area contributed by atoms with Gasteiger partial charge < -0.3 is 10.7 Å². The Morgan fingerprint density at radius 1 is 1.45 bits per heavy atom. The molecule has 110 valence electrons. The van der Waals surface area contributed by atoms with Gasteiger partial charge in [0, 0.05) is 18.3 Å². The summed E-state index contributed by atoms with van der Waals surface area (Å²) in [6.07, 6.45) is 0.889. The fourth-order valence-corrected chi connectivity index (χ4v) is 1.51. The third kappa shape index (κ3) is 3.92. The van der Waals surface area contributed by atoms with Gasteiger partial charge in [0.2, 0.25) is 0 Å². The smallest absolute Gasteiger partial charge is 0.282 e. The summed E-state index contributed by atoms with van der Waals surface area (Å²) < 4.78 is 0. The standard InChI is InChI=1S/C13H20N4O3/c1-4-13(2,3)8-15-12(18)10-7-9(16-14)5-6-11(10)17(19)20/h5-7,16H,4,8,14H2,1-3H3,(H,15,18). The summed E-state index contributed by atoms with van der Waals surface area (Å²) >= 11 is 0. The highest BCUT2D eigenvalue weighted by atomic mass is 16.6. The number of anilines is 1. The van der Waals surface area contributed by atoms with Crippen molar-refractivity contribution in [1.29, 1.82) is 0 Å². The molecule has 0 bridgehead atoms. The molecular weight excluding hydrogens is 260 g/mol. The number of nitro groups is 1. The van der Waals surface area contributed by atoms with Crippen LogP contribution in [-0.4, -0.2) is 17.4 Å². The van der Waals surface area contributed by atoms with Crippen LogP contribution in [0.5, 0.6) is 0 Å². The number of hydrazine groups is 1. The molecule has 7 nitrogen and oxygen atoms in total. The molecule has 0 saturated carbocycles. The topological polar surface area (TPSA) is 110 Å². The van der Waals surface area contributed by atoms with Gasteiger partial charge in [-0.1, -0.05) is 20.8 Å². The highest BCUT2D eigenvalue weighted by Crippen LogP contribution is 2.23. The van der Waals surface area contributed by atoms with Gasteiger partial charge in [-0.15, -0.1) is 0 Å². The van der Waals surface area contributed by atoms with Crippen molar-refractivity contribution < 1.29 is 9.72 Å². The molecule has 0 aliphatic carbocycles. The number of nitrogen functional groups attached to an aromatic ring is 1. The van der Waals surface area contributed by atoms with Crippen molar-refractivity contribution in [3.63, 3.8) is 0 Å². The molecule has 0 radical (unpaired) electrons.